The van der Waals surface area contributed by atoms with Gasteiger partial charge in [0.05, 0.1) is 17.6 Å². The molecule has 3 rings (SSSR count). The minimum Gasteiger partial charge on any atom is -0.492 e. The Morgan fingerprint density at radius 2 is 2.15 bits per heavy atom. The van der Waals surface area contributed by atoms with Gasteiger partial charge in [-0.25, -0.2) is 4.79 Å². The second-order valence-electron chi connectivity index (χ2n) is 5.27. The molecule has 0 fully saturated rings. The van der Waals surface area contributed by atoms with Crippen LogP contribution in [0.15, 0.2) is 33.5 Å². The Kier molecular flexibility index (Phi) is 3.49. The summed E-state index contributed by atoms with van der Waals surface area (Å²) in [4.78, 5) is 12.2. The third kappa shape index (κ3) is 2.10. The zero-order valence-electron chi connectivity index (χ0n) is 11.7. The minimum atomic E-state index is -0.284. The Hall–Kier alpha value is -1.81. The van der Waals surface area contributed by atoms with Crippen LogP contribution in [0.5, 0.6) is 5.75 Å². The van der Waals surface area contributed by atoms with Gasteiger partial charge in [0, 0.05) is 19.6 Å². The van der Waals surface area contributed by atoms with Gasteiger partial charge in [-0.3, -0.25) is 0 Å². The molecular formula is C16H18O4. The maximum atomic E-state index is 12.2. The van der Waals surface area contributed by atoms with E-state index in [1.165, 1.54) is 0 Å². The van der Waals surface area contributed by atoms with Gasteiger partial charge in [-0.2, -0.15) is 0 Å². The van der Waals surface area contributed by atoms with Gasteiger partial charge in [-0.15, -0.1) is 0 Å². The molecule has 0 saturated carbocycles. The normalized spacial score (nSPS) is 21.5. The van der Waals surface area contributed by atoms with E-state index in [-0.39, 0.29) is 17.5 Å². The smallest absolute Gasteiger partial charge is 0.343 e. The Balaban J connectivity index is 2.08. The zero-order chi connectivity index (χ0) is 14.1. The molecule has 2 atom stereocenters. The fraction of sp³-hybridized carbons (Fsp3) is 0.438. The monoisotopic (exact) mass is 274 g/mol. The highest BCUT2D eigenvalue weighted by Crippen LogP contribution is 2.40. The first-order valence-electron chi connectivity index (χ1n) is 6.90. The van der Waals surface area contributed by atoms with Crippen molar-refractivity contribution in [2.75, 3.05) is 20.3 Å². The summed E-state index contributed by atoms with van der Waals surface area (Å²) in [6, 6.07) is 7.50. The molecule has 1 aromatic heterocycles. The summed E-state index contributed by atoms with van der Waals surface area (Å²) in [5.74, 6) is 1.10. The van der Waals surface area contributed by atoms with Crippen molar-refractivity contribution in [3.05, 3.63) is 40.2 Å². The number of methoxy groups -OCH3 is 1. The second-order valence-corrected chi connectivity index (χ2v) is 5.27. The molecule has 2 unspecified atom stereocenters. The molecule has 106 valence electrons. The minimum absolute atomic E-state index is 0.120. The number of rotatable bonds is 3. The summed E-state index contributed by atoms with van der Waals surface area (Å²) >= 11 is 0. The lowest BCUT2D eigenvalue weighted by Crippen LogP contribution is -2.30. The van der Waals surface area contributed by atoms with Crippen molar-refractivity contribution >= 4 is 11.0 Å². The largest absolute Gasteiger partial charge is 0.492 e. The molecule has 0 aliphatic carbocycles. The highest BCUT2D eigenvalue weighted by Gasteiger charge is 2.32. The fourth-order valence-electron chi connectivity index (χ4n) is 2.86. The SMILES string of the molecule is COCCC1COc2c(c(=O)oc3ccccc23)C1C. The molecule has 0 N–H and O–H groups in total. The lowest BCUT2D eigenvalue weighted by Gasteiger charge is -2.30. The van der Waals surface area contributed by atoms with Crippen molar-refractivity contribution < 1.29 is 13.9 Å². The van der Waals surface area contributed by atoms with Crippen molar-refractivity contribution in [3.63, 3.8) is 0 Å². The van der Waals surface area contributed by atoms with Crippen LogP contribution in [0.1, 0.15) is 24.8 Å². The molecule has 1 aliphatic rings. The van der Waals surface area contributed by atoms with Crippen LogP contribution < -0.4 is 10.4 Å². The predicted octanol–water partition coefficient (Wildman–Crippen LogP) is 2.94. The number of hydrogen-bond acceptors (Lipinski definition) is 4. The first-order valence-corrected chi connectivity index (χ1v) is 6.90. The molecule has 2 heterocycles. The molecule has 4 nitrogen and oxygen atoms in total. The van der Waals surface area contributed by atoms with Gasteiger partial charge >= 0.3 is 5.63 Å². The van der Waals surface area contributed by atoms with Crippen LogP contribution in [-0.2, 0) is 4.74 Å². The number of para-hydroxylation sites is 1. The predicted molar refractivity (Wildman–Crippen MR) is 76.4 cm³/mol. The third-order valence-electron chi connectivity index (χ3n) is 4.10. The second kappa shape index (κ2) is 5.29. The van der Waals surface area contributed by atoms with Crippen molar-refractivity contribution in [2.45, 2.75) is 19.3 Å². The lowest BCUT2D eigenvalue weighted by atomic mass is 9.84. The molecule has 1 aromatic carbocycles. The summed E-state index contributed by atoms with van der Waals surface area (Å²) in [5.41, 5.74) is 0.961. The van der Waals surface area contributed by atoms with Gasteiger partial charge in [0.2, 0.25) is 0 Å². The van der Waals surface area contributed by atoms with Crippen LogP contribution in [0.2, 0.25) is 0 Å². The van der Waals surface area contributed by atoms with E-state index in [0.29, 0.717) is 30.1 Å². The van der Waals surface area contributed by atoms with Gasteiger partial charge < -0.3 is 13.9 Å². The average Bonchev–Trinajstić information content (AvgIpc) is 2.46. The van der Waals surface area contributed by atoms with E-state index in [9.17, 15) is 4.79 Å². The molecule has 0 bridgehead atoms. The summed E-state index contributed by atoms with van der Waals surface area (Å²) in [6.07, 6.45) is 0.878. The van der Waals surface area contributed by atoms with Crippen LogP contribution >= 0.6 is 0 Å². The number of benzene rings is 1. The van der Waals surface area contributed by atoms with E-state index in [2.05, 4.69) is 6.92 Å². The van der Waals surface area contributed by atoms with Gasteiger partial charge in [0.1, 0.15) is 11.3 Å². The molecule has 2 aromatic rings. The van der Waals surface area contributed by atoms with E-state index < -0.39 is 0 Å². The van der Waals surface area contributed by atoms with E-state index >= 15 is 0 Å². The van der Waals surface area contributed by atoms with E-state index in [0.717, 1.165) is 11.8 Å². The number of fused-ring (bicyclic) bond motifs is 3. The first kappa shape index (κ1) is 13.2. The van der Waals surface area contributed by atoms with Crippen LogP contribution in [0.4, 0.5) is 0 Å². The maximum absolute atomic E-state index is 12.2. The lowest BCUT2D eigenvalue weighted by molar-refractivity contribution is 0.132. The van der Waals surface area contributed by atoms with Crippen LogP contribution in [0, 0.1) is 5.92 Å². The van der Waals surface area contributed by atoms with Crippen molar-refractivity contribution in [1.82, 2.24) is 0 Å². The topological polar surface area (TPSA) is 48.7 Å². The van der Waals surface area contributed by atoms with Crippen LogP contribution in [0.3, 0.4) is 0 Å². The molecule has 20 heavy (non-hydrogen) atoms. The molecule has 0 spiro atoms. The summed E-state index contributed by atoms with van der Waals surface area (Å²) in [5, 5.41) is 0.874. The van der Waals surface area contributed by atoms with Gasteiger partial charge in [-0.05, 0) is 24.5 Å². The molecule has 0 radical (unpaired) electrons. The molecule has 1 aliphatic heterocycles. The molecular weight excluding hydrogens is 256 g/mol. The quantitative estimate of drug-likeness (QED) is 0.807. The molecule has 0 amide bonds. The standard InChI is InChI=1S/C16H18O4/c1-10-11(7-8-18-2)9-19-15-12-5-3-4-6-13(12)20-16(17)14(10)15/h3-6,10-11H,7-9H2,1-2H3. The number of ether oxygens (including phenoxy) is 2. The van der Waals surface area contributed by atoms with Crippen molar-refractivity contribution in [3.8, 4) is 5.75 Å². The van der Waals surface area contributed by atoms with E-state index in [4.69, 9.17) is 13.9 Å². The average molecular weight is 274 g/mol. The summed E-state index contributed by atoms with van der Waals surface area (Å²) in [7, 11) is 1.68. The summed E-state index contributed by atoms with van der Waals surface area (Å²) in [6.45, 7) is 3.35. The Morgan fingerprint density at radius 1 is 1.35 bits per heavy atom. The highest BCUT2D eigenvalue weighted by molar-refractivity contribution is 5.84. The van der Waals surface area contributed by atoms with Gasteiger partial charge in [0.15, 0.2) is 0 Å². The van der Waals surface area contributed by atoms with Crippen LogP contribution in [0.25, 0.3) is 11.0 Å². The first-order chi connectivity index (χ1) is 9.72. The Morgan fingerprint density at radius 3 is 2.95 bits per heavy atom. The van der Waals surface area contributed by atoms with Crippen LogP contribution in [-0.4, -0.2) is 20.3 Å². The van der Waals surface area contributed by atoms with E-state index in [1.807, 2.05) is 18.2 Å². The maximum Gasteiger partial charge on any atom is 0.343 e. The van der Waals surface area contributed by atoms with Gasteiger partial charge in [0.25, 0.3) is 0 Å². The fourth-order valence-corrected chi connectivity index (χ4v) is 2.86. The van der Waals surface area contributed by atoms with Crippen molar-refractivity contribution in [2.24, 2.45) is 5.92 Å². The highest BCUT2D eigenvalue weighted by atomic mass is 16.5. The third-order valence-corrected chi connectivity index (χ3v) is 4.10. The van der Waals surface area contributed by atoms with Gasteiger partial charge in [-0.1, -0.05) is 19.1 Å². The van der Waals surface area contributed by atoms with Crippen molar-refractivity contribution in [1.29, 1.82) is 0 Å². The Labute approximate surface area is 117 Å². The Bertz CT molecular complexity index is 674. The van der Waals surface area contributed by atoms with E-state index in [1.54, 1.807) is 13.2 Å². The molecule has 0 saturated heterocycles. The number of hydrogen-bond donors (Lipinski definition) is 0. The summed E-state index contributed by atoms with van der Waals surface area (Å²) < 4.78 is 16.4. The zero-order valence-corrected chi connectivity index (χ0v) is 11.7. The molecule has 4 heteroatoms.